The monoisotopic (exact) mass is 423 g/mol. The van der Waals surface area contributed by atoms with E-state index in [1.807, 2.05) is 59.2 Å². The van der Waals surface area contributed by atoms with Crippen molar-refractivity contribution in [3.05, 3.63) is 82.3 Å². The first-order valence-corrected chi connectivity index (χ1v) is 10.1. The molecule has 0 aliphatic rings. The van der Waals surface area contributed by atoms with Crippen LogP contribution in [0.1, 0.15) is 12.5 Å². The molecule has 29 heavy (non-hydrogen) atoms. The molecule has 0 saturated heterocycles. The van der Waals surface area contributed by atoms with Crippen LogP contribution in [0.2, 0.25) is 10.0 Å². The number of fused-ring (bicyclic) bond motifs is 1. The van der Waals surface area contributed by atoms with Gasteiger partial charge in [-0.1, -0.05) is 54.4 Å². The average molecular weight is 424 g/mol. The van der Waals surface area contributed by atoms with Gasteiger partial charge in [0.1, 0.15) is 12.4 Å². The van der Waals surface area contributed by atoms with Crippen LogP contribution in [0.25, 0.3) is 22.4 Å². The molecule has 1 N–H and O–H groups in total. The van der Waals surface area contributed by atoms with Crippen LogP contribution in [-0.2, 0) is 17.8 Å². The number of aromatic nitrogens is 2. The highest BCUT2D eigenvalue weighted by Crippen LogP contribution is 2.32. The number of anilines is 1. The van der Waals surface area contributed by atoms with Crippen molar-refractivity contribution in [3.8, 4) is 11.4 Å². The Bertz CT molecular complexity index is 1180. The van der Waals surface area contributed by atoms with Gasteiger partial charge in [-0.25, -0.2) is 4.98 Å². The zero-order valence-corrected chi connectivity index (χ0v) is 17.3. The number of amides is 1. The van der Waals surface area contributed by atoms with Gasteiger partial charge >= 0.3 is 0 Å². The van der Waals surface area contributed by atoms with E-state index in [1.54, 1.807) is 12.1 Å². The van der Waals surface area contributed by atoms with Crippen LogP contribution < -0.4 is 5.32 Å². The van der Waals surface area contributed by atoms with Gasteiger partial charge in [-0.05, 0) is 54.4 Å². The molecule has 0 radical (unpaired) electrons. The highest BCUT2D eigenvalue weighted by Gasteiger charge is 2.17. The second-order valence-electron chi connectivity index (χ2n) is 6.73. The number of carbonyl (C=O) groups excluding carboxylic acids is 1. The molecule has 6 heteroatoms. The highest BCUT2D eigenvalue weighted by atomic mass is 35.5. The maximum Gasteiger partial charge on any atom is 0.244 e. The predicted octanol–water partition coefficient (Wildman–Crippen LogP) is 6.21. The van der Waals surface area contributed by atoms with Gasteiger partial charge in [-0.2, -0.15) is 0 Å². The number of para-hydroxylation sites is 2. The molecular weight excluding hydrogens is 405 g/mol. The standard InChI is InChI=1S/C23H19Cl2N3O/c1-2-15-7-10-17(11-8-15)26-22(29)14-28-21-6-4-3-5-20(21)27-23(28)18-12-9-16(24)13-19(18)25/h3-13H,2,14H2,1H3,(H,26,29). The maximum absolute atomic E-state index is 12.8. The molecule has 146 valence electrons. The van der Waals surface area contributed by atoms with E-state index in [1.165, 1.54) is 5.56 Å². The average Bonchev–Trinajstić information content (AvgIpc) is 3.06. The summed E-state index contributed by atoms with van der Waals surface area (Å²) in [6.07, 6.45) is 0.959. The fourth-order valence-electron chi connectivity index (χ4n) is 3.28. The number of nitrogens with zero attached hydrogens (tertiary/aromatic N) is 2. The minimum Gasteiger partial charge on any atom is -0.325 e. The Morgan fingerprint density at radius 1 is 1.03 bits per heavy atom. The Balaban J connectivity index is 1.69. The van der Waals surface area contributed by atoms with Gasteiger partial charge in [0, 0.05) is 16.3 Å². The lowest BCUT2D eigenvalue weighted by Gasteiger charge is -2.11. The molecular formula is C23H19Cl2N3O. The molecule has 1 amide bonds. The van der Waals surface area contributed by atoms with E-state index in [0.29, 0.717) is 15.9 Å². The number of carbonyl (C=O) groups is 1. The van der Waals surface area contributed by atoms with Crippen molar-refractivity contribution in [2.24, 2.45) is 0 Å². The molecule has 4 aromatic rings. The van der Waals surface area contributed by atoms with E-state index in [2.05, 4.69) is 12.2 Å². The first kappa shape index (κ1) is 19.5. The van der Waals surface area contributed by atoms with Gasteiger partial charge in [0.2, 0.25) is 5.91 Å². The minimum absolute atomic E-state index is 0.115. The lowest BCUT2D eigenvalue weighted by Crippen LogP contribution is -2.19. The molecule has 0 saturated carbocycles. The van der Waals surface area contributed by atoms with Gasteiger partial charge < -0.3 is 9.88 Å². The van der Waals surface area contributed by atoms with Crippen molar-refractivity contribution >= 4 is 45.8 Å². The van der Waals surface area contributed by atoms with E-state index in [0.717, 1.165) is 28.7 Å². The summed E-state index contributed by atoms with van der Waals surface area (Å²) in [5.74, 6) is 0.494. The third-order valence-corrected chi connectivity index (χ3v) is 5.32. The van der Waals surface area contributed by atoms with E-state index in [4.69, 9.17) is 28.2 Å². The smallest absolute Gasteiger partial charge is 0.244 e. The van der Waals surface area contributed by atoms with Gasteiger partial charge in [-0.15, -0.1) is 0 Å². The summed E-state index contributed by atoms with van der Waals surface area (Å²) >= 11 is 12.5. The van der Waals surface area contributed by atoms with Gasteiger partial charge in [0.15, 0.2) is 0 Å². The first-order chi connectivity index (χ1) is 14.0. The van der Waals surface area contributed by atoms with Crippen LogP contribution in [0.3, 0.4) is 0 Å². The van der Waals surface area contributed by atoms with Crippen LogP contribution in [0.15, 0.2) is 66.7 Å². The molecule has 0 unspecified atom stereocenters. The van der Waals surface area contributed by atoms with Gasteiger partial charge in [0.05, 0.1) is 16.1 Å². The molecule has 0 bridgehead atoms. The molecule has 1 aromatic heterocycles. The third-order valence-electron chi connectivity index (χ3n) is 4.77. The zero-order valence-electron chi connectivity index (χ0n) is 15.8. The number of hydrogen-bond acceptors (Lipinski definition) is 2. The Kier molecular flexibility index (Phi) is 5.56. The number of hydrogen-bond donors (Lipinski definition) is 1. The molecule has 4 nitrogen and oxygen atoms in total. The number of benzene rings is 3. The van der Waals surface area contributed by atoms with Crippen LogP contribution in [0.4, 0.5) is 5.69 Å². The summed E-state index contributed by atoms with van der Waals surface area (Å²) < 4.78 is 1.88. The number of rotatable bonds is 5. The van der Waals surface area contributed by atoms with Crippen LogP contribution in [0, 0.1) is 0 Å². The molecule has 3 aromatic carbocycles. The fraction of sp³-hybridized carbons (Fsp3) is 0.130. The van der Waals surface area contributed by atoms with Gasteiger partial charge in [0.25, 0.3) is 0 Å². The van der Waals surface area contributed by atoms with Crippen LogP contribution in [-0.4, -0.2) is 15.5 Å². The molecule has 4 rings (SSSR count). The molecule has 0 spiro atoms. The molecule has 0 fully saturated rings. The third kappa shape index (κ3) is 4.14. The fourth-order valence-corrected chi connectivity index (χ4v) is 3.77. The second-order valence-corrected chi connectivity index (χ2v) is 7.58. The summed E-state index contributed by atoms with van der Waals surface area (Å²) in [5, 5.41) is 4.00. The molecule has 0 aliphatic carbocycles. The summed E-state index contributed by atoms with van der Waals surface area (Å²) in [6.45, 7) is 2.21. The molecule has 1 heterocycles. The Morgan fingerprint density at radius 3 is 2.52 bits per heavy atom. The van der Waals surface area contributed by atoms with Crippen molar-refractivity contribution in [1.82, 2.24) is 9.55 Å². The van der Waals surface area contributed by atoms with Crippen molar-refractivity contribution < 1.29 is 4.79 Å². The largest absolute Gasteiger partial charge is 0.325 e. The number of aryl methyl sites for hydroxylation is 1. The van der Waals surface area contributed by atoms with E-state index in [9.17, 15) is 4.79 Å². The van der Waals surface area contributed by atoms with E-state index < -0.39 is 0 Å². The number of halogens is 2. The highest BCUT2D eigenvalue weighted by molar-refractivity contribution is 6.36. The summed E-state index contributed by atoms with van der Waals surface area (Å²) in [5.41, 5.74) is 4.39. The normalized spacial score (nSPS) is 11.0. The van der Waals surface area contributed by atoms with Crippen molar-refractivity contribution in [2.45, 2.75) is 19.9 Å². The lowest BCUT2D eigenvalue weighted by molar-refractivity contribution is -0.116. The van der Waals surface area contributed by atoms with Crippen molar-refractivity contribution in [3.63, 3.8) is 0 Å². The maximum atomic E-state index is 12.8. The molecule has 0 atom stereocenters. The Morgan fingerprint density at radius 2 is 1.79 bits per heavy atom. The Labute approximate surface area is 179 Å². The summed E-state index contributed by atoms with van der Waals surface area (Å²) in [4.78, 5) is 17.5. The SMILES string of the molecule is CCc1ccc(NC(=O)Cn2c(-c3ccc(Cl)cc3Cl)nc3ccccc32)cc1. The predicted molar refractivity (Wildman–Crippen MR) is 120 cm³/mol. The Hall–Kier alpha value is -2.82. The summed E-state index contributed by atoms with van der Waals surface area (Å²) in [6, 6.07) is 20.8. The van der Waals surface area contributed by atoms with Crippen LogP contribution >= 0.6 is 23.2 Å². The lowest BCUT2D eigenvalue weighted by atomic mass is 10.1. The van der Waals surface area contributed by atoms with Crippen molar-refractivity contribution in [2.75, 3.05) is 5.32 Å². The minimum atomic E-state index is -0.135. The first-order valence-electron chi connectivity index (χ1n) is 9.34. The topological polar surface area (TPSA) is 46.9 Å². The van der Waals surface area contributed by atoms with Crippen LogP contribution in [0.5, 0.6) is 0 Å². The molecule has 0 aliphatic heterocycles. The number of imidazole rings is 1. The van der Waals surface area contributed by atoms with Gasteiger partial charge in [-0.3, -0.25) is 4.79 Å². The zero-order chi connectivity index (χ0) is 20.4. The van der Waals surface area contributed by atoms with Crippen molar-refractivity contribution in [1.29, 1.82) is 0 Å². The van der Waals surface area contributed by atoms with E-state index in [-0.39, 0.29) is 12.5 Å². The van der Waals surface area contributed by atoms with E-state index >= 15 is 0 Å². The summed E-state index contributed by atoms with van der Waals surface area (Å²) in [7, 11) is 0. The number of nitrogens with one attached hydrogen (secondary N) is 1. The second kappa shape index (κ2) is 8.27. The quantitative estimate of drug-likeness (QED) is 0.414.